The van der Waals surface area contributed by atoms with Gasteiger partial charge in [-0.05, 0) is 52.3 Å². The van der Waals surface area contributed by atoms with Gasteiger partial charge in [-0.25, -0.2) is 4.98 Å². The van der Waals surface area contributed by atoms with Crippen molar-refractivity contribution < 1.29 is 9.26 Å². The van der Waals surface area contributed by atoms with E-state index in [1.807, 2.05) is 60.7 Å². The van der Waals surface area contributed by atoms with Gasteiger partial charge in [0, 0.05) is 15.4 Å². The number of benzene rings is 2. The number of hydrogen-bond donors (Lipinski definition) is 0. The molecule has 0 saturated heterocycles. The number of methoxy groups -OCH3 is 1. The van der Waals surface area contributed by atoms with E-state index < -0.39 is 0 Å². The third-order valence-corrected chi connectivity index (χ3v) is 4.56. The molecular weight excluding hydrogens is 394 g/mol. The molecule has 0 spiro atoms. The number of para-hydroxylation sites is 1. The van der Waals surface area contributed by atoms with E-state index in [1.165, 1.54) is 0 Å². The molecular formula is C20H14BrN3O2. The SMILES string of the molecule is COc1nc2ccccc2cc1/C=C/c1noc(-c2ccccc2Br)n1. The first-order valence-electron chi connectivity index (χ1n) is 7.95. The summed E-state index contributed by atoms with van der Waals surface area (Å²) in [5.74, 6) is 1.49. The van der Waals surface area contributed by atoms with E-state index in [9.17, 15) is 0 Å². The van der Waals surface area contributed by atoms with Gasteiger partial charge >= 0.3 is 0 Å². The van der Waals surface area contributed by atoms with Gasteiger partial charge in [0.1, 0.15) is 0 Å². The summed E-state index contributed by atoms with van der Waals surface area (Å²) in [6.07, 6.45) is 3.64. The molecule has 2 aromatic carbocycles. The van der Waals surface area contributed by atoms with Crippen molar-refractivity contribution in [3.63, 3.8) is 0 Å². The fourth-order valence-corrected chi connectivity index (χ4v) is 3.06. The van der Waals surface area contributed by atoms with Crippen LogP contribution in [0, 0.1) is 0 Å². The summed E-state index contributed by atoms with van der Waals surface area (Å²) < 4.78 is 11.7. The lowest BCUT2D eigenvalue weighted by Crippen LogP contribution is -1.92. The van der Waals surface area contributed by atoms with Crippen molar-refractivity contribution in [2.75, 3.05) is 7.11 Å². The Balaban J connectivity index is 1.67. The summed E-state index contributed by atoms with van der Waals surface area (Å²) >= 11 is 3.49. The molecule has 0 aliphatic heterocycles. The molecule has 0 N–H and O–H groups in total. The maximum absolute atomic E-state index is 5.40. The van der Waals surface area contributed by atoms with E-state index in [2.05, 4.69) is 31.1 Å². The monoisotopic (exact) mass is 407 g/mol. The van der Waals surface area contributed by atoms with Gasteiger partial charge < -0.3 is 9.26 Å². The van der Waals surface area contributed by atoms with Gasteiger partial charge in [0.2, 0.25) is 5.88 Å². The van der Waals surface area contributed by atoms with E-state index in [-0.39, 0.29) is 0 Å². The Bertz CT molecular complexity index is 1110. The normalized spacial score (nSPS) is 11.3. The van der Waals surface area contributed by atoms with Crippen LogP contribution in [0.1, 0.15) is 11.4 Å². The van der Waals surface area contributed by atoms with Gasteiger partial charge in [-0.3, -0.25) is 0 Å². The zero-order valence-electron chi connectivity index (χ0n) is 13.9. The van der Waals surface area contributed by atoms with Gasteiger partial charge in [0.05, 0.1) is 18.2 Å². The lowest BCUT2D eigenvalue weighted by Gasteiger charge is -2.05. The van der Waals surface area contributed by atoms with Crippen molar-refractivity contribution >= 4 is 39.0 Å². The van der Waals surface area contributed by atoms with E-state index in [1.54, 1.807) is 13.2 Å². The third kappa shape index (κ3) is 3.23. The van der Waals surface area contributed by atoms with Crippen LogP contribution < -0.4 is 4.74 Å². The molecule has 0 amide bonds. The number of fused-ring (bicyclic) bond motifs is 1. The van der Waals surface area contributed by atoms with Crippen molar-refractivity contribution in [3.8, 4) is 17.3 Å². The summed E-state index contributed by atoms with van der Waals surface area (Å²) in [7, 11) is 1.60. The van der Waals surface area contributed by atoms with Crippen LogP contribution >= 0.6 is 15.9 Å². The second kappa shape index (κ2) is 7.09. The second-order valence-electron chi connectivity index (χ2n) is 5.55. The van der Waals surface area contributed by atoms with Crippen molar-refractivity contribution in [1.29, 1.82) is 0 Å². The van der Waals surface area contributed by atoms with Crippen molar-refractivity contribution in [2.24, 2.45) is 0 Å². The third-order valence-electron chi connectivity index (χ3n) is 3.87. The fraction of sp³-hybridized carbons (Fsp3) is 0.0500. The average Bonchev–Trinajstić information content (AvgIpc) is 3.14. The maximum Gasteiger partial charge on any atom is 0.259 e. The number of nitrogens with zero attached hydrogens (tertiary/aromatic N) is 3. The van der Waals surface area contributed by atoms with Crippen LogP contribution in [0.25, 0.3) is 34.5 Å². The molecule has 0 fully saturated rings. The summed E-state index contributed by atoms with van der Waals surface area (Å²) in [5.41, 5.74) is 2.58. The predicted octanol–water partition coefficient (Wildman–Crippen LogP) is 5.23. The molecule has 0 saturated carbocycles. The number of aromatic nitrogens is 3. The van der Waals surface area contributed by atoms with Crippen molar-refractivity contribution in [2.45, 2.75) is 0 Å². The minimum Gasteiger partial charge on any atom is -0.481 e. The Hall–Kier alpha value is -2.99. The largest absolute Gasteiger partial charge is 0.481 e. The molecule has 2 aromatic heterocycles. The Morgan fingerprint density at radius 2 is 1.81 bits per heavy atom. The number of ether oxygens (including phenoxy) is 1. The van der Waals surface area contributed by atoms with Crippen molar-refractivity contribution in [3.05, 3.63) is 70.5 Å². The van der Waals surface area contributed by atoms with Crippen LogP contribution in [0.4, 0.5) is 0 Å². The van der Waals surface area contributed by atoms with E-state index in [4.69, 9.17) is 9.26 Å². The minimum absolute atomic E-state index is 0.459. The van der Waals surface area contributed by atoms with Crippen LogP contribution in [0.2, 0.25) is 0 Å². The van der Waals surface area contributed by atoms with Crippen LogP contribution in [0.15, 0.2) is 63.6 Å². The lowest BCUT2D eigenvalue weighted by atomic mass is 10.1. The molecule has 0 radical (unpaired) electrons. The summed E-state index contributed by atoms with van der Waals surface area (Å²) in [4.78, 5) is 8.94. The highest BCUT2D eigenvalue weighted by Crippen LogP contribution is 2.27. The summed E-state index contributed by atoms with van der Waals surface area (Å²) in [5, 5.41) is 5.05. The lowest BCUT2D eigenvalue weighted by molar-refractivity contribution is 0.398. The first-order chi connectivity index (χ1) is 12.7. The number of hydrogen-bond acceptors (Lipinski definition) is 5. The van der Waals surface area contributed by atoms with Gasteiger partial charge in [0.25, 0.3) is 5.89 Å². The Morgan fingerprint density at radius 3 is 2.65 bits per heavy atom. The zero-order valence-corrected chi connectivity index (χ0v) is 15.5. The molecule has 0 aliphatic carbocycles. The molecule has 0 unspecified atom stereocenters. The van der Waals surface area contributed by atoms with Gasteiger partial charge in [-0.15, -0.1) is 0 Å². The predicted molar refractivity (Wildman–Crippen MR) is 105 cm³/mol. The highest BCUT2D eigenvalue weighted by atomic mass is 79.9. The highest BCUT2D eigenvalue weighted by molar-refractivity contribution is 9.10. The molecule has 26 heavy (non-hydrogen) atoms. The van der Waals surface area contributed by atoms with E-state index in [0.717, 1.165) is 26.5 Å². The Kier molecular flexibility index (Phi) is 4.50. The smallest absolute Gasteiger partial charge is 0.259 e. The van der Waals surface area contributed by atoms with Gasteiger partial charge in [-0.2, -0.15) is 4.98 Å². The molecule has 0 bridgehead atoms. The van der Waals surface area contributed by atoms with Crippen LogP contribution in [-0.2, 0) is 0 Å². The summed E-state index contributed by atoms with van der Waals surface area (Å²) in [6.45, 7) is 0. The second-order valence-corrected chi connectivity index (χ2v) is 6.40. The minimum atomic E-state index is 0.459. The molecule has 2 heterocycles. The standard InChI is InChI=1S/C20H14BrN3O2/c1-25-19-14(12-13-6-2-5-9-17(13)22-19)10-11-18-23-20(26-24-18)15-7-3-4-8-16(15)21/h2-12H,1H3/b11-10+. The van der Waals surface area contributed by atoms with Crippen molar-refractivity contribution in [1.82, 2.24) is 15.1 Å². The topological polar surface area (TPSA) is 61.0 Å². The molecule has 4 rings (SSSR count). The van der Waals surface area contributed by atoms with E-state index >= 15 is 0 Å². The van der Waals surface area contributed by atoms with E-state index in [0.29, 0.717) is 17.6 Å². The zero-order chi connectivity index (χ0) is 17.9. The Labute approximate surface area is 158 Å². The maximum atomic E-state index is 5.40. The van der Waals surface area contributed by atoms with Crippen LogP contribution in [0.5, 0.6) is 5.88 Å². The van der Waals surface area contributed by atoms with Crippen LogP contribution in [-0.4, -0.2) is 22.2 Å². The quantitative estimate of drug-likeness (QED) is 0.463. The van der Waals surface area contributed by atoms with Gasteiger partial charge in [-0.1, -0.05) is 35.5 Å². The number of pyridine rings is 1. The number of rotatable bonds is 4. The summed E-state index contributed by atoms with van der Waals surface area (Å²) in [6, 6.07) is 17.6. The molecule has 128 valence electrons. The highest BCUT2D eigenvalue weighted by Gasteiger charge is 2.10. The van der Waals surface area contributed by atoms with Crippen LogP contribution in [0.3, 0.4) is 0 Å². The molecule has 5 nitrogen and oxygen atoms in total. The average molecular weight is 408 g/mol. The van der Waals surface area contributed by atoms with Gasteiger partial charge in [0.15, 0.2) is 5.82 Å². The molecule has 0 aliphatic rings. The first-order valence-corrected chi connectivity index (χ1v) is 8.74. The first kappa shape index (κ1) is 16.5. The molecule has 6 heteroatoms. The Morgan fingerprint density at radius 1 is 1.00 bits per heavy atom. The molecule has 0 atom stereocenters. The number of halogens is 1. The fourth-order valence-electron chi connectivity index (χ4n) is 2.61. The molecule has 4 aromatic rings.